The number of hydrogen-bond donors (Lipinski definition) is 0. The van der Waals surface area contributed by atoms with Gasteiger partial charge >= 0.3 is 0 Å². The van der Waals surface area contributed by atoms with Crippen LogP contribution in [0.25, 0.3) is 5.57 Å². The van der Waals surface area contributed by atoms with Crippen LogP contribution in [0.4, 0.5) is 0 Å². The zero-order valence-corrected chi connectivity index (χ0v) is 9.25. The van der Waals surface area contributed by atoms with Crippen LogP contribution in [0, 0.1) is 11.3 Å². The van der Waals surface area contributed by atoms with Gasteiger partial charge in [-0.15, -0.1) is 0 Å². The molecule has 0 N–H and O–H groups in total. The summed E-state index contributed by atoms with van der Waals surface area (Å²) < 4.78 is 0. The van der Waals surface area contributed by atoms with Crippen molar-refractivity contribution in [3.8, 4) is 6.07 Å². The minimum absolute atomic E-state index is 0.239. The summed E-state index contributed by atoms with van der Waals surface area (Å²) >= 11 is 0. The molecule has 1 nitrogen and oxygen atoms in total. The molecule has 1 heteroatoms. The molecule has 1 aromatic rings. The molecule has 2 rings (SSSR count). The zero-order chi connectivity index (χ0) is 10.9. The van der Waals surface area contributed by atoms with Crippen LogP contribution in [-0.2, 0) is 5.41 Å². The minimum Gasteiger partial charge on any atom is -0.193 e. The third kappa shape index (κ3) is 1.68. The molecule has 1 aliphatic rings. The number of rotatable bonds is 0. The fraction of sp³-hybridized carbons (Fsp3) is 0.357. The van der Waals surface area contributed by atoms with Gasteiger partial charge in [0.25, 0.3) is 0 Å². The van der Waals surface area contributed by atoms with E-state index in [0.717, 1.165) is 12.8 Å². The van der Waals surface area contributed by atoms with E-state index in [2.05, 4.69) is 38.1 Å². The topological polar surface area (TPSA) is 23.8 Å². The second-order valence-corrected chi connectivity index (χ2v) is 4.73. The summed E-state index contributed by atoms with van der Waals surface area (Å²) in [6.45, 7) is 4.55. The van der Waals surface area contributed by atoms with Crippen LogP contribution in [0.2, 0.25) is 0 Å². The van der Waals surface area contributed by atoms with E-state index >= 15 is 0 Å². The Hall–Kier alpha value is -1.55. The Morgan fingerprint density at radius 1 is 1.33 bits per heavy atom. The molecular weight excluding hydrogens is 182 g/mol. The Labute approximate surface area is 91.0 Å². The monoisotopic (exact) mass is 197 g/mol. The molecule has 0 radical (unpaired) electrons. The van der Waals surface area contributed by atoms with Gasteiger partial charge in [-0.05, 0) is 35.0 Å². The maximum absolute atomic E-state index is 8.75. The average Bonchev–Trinajstić information content (AvgIpc) is 2.23. The lowest BCUT2D eigenvalue weighted by Gasteiger charge is -2.33. The van der Waals surface area contributed by atoms with Crippen molar-refractivity contribution in [3.63, 3.8) is 0 Å². The molecule has 0 unspecified atom stereocenters. The van der Waals surface area contributed by atoms with Crippen molar-refractivity contribution in [2.75, 3.05) is 0 Å². The number of nitrogens with zero attached hydrogens (tertiary/aromatic N) is 1. The highest BCUT2D eigenvalue weighted by Gasteiger charge is 2.28. The largest absolute Gasteiger partial charge is 0.193 e. The third-order valence-electron chi connectivity index (χ3n) is 3.26. The summed E-state index contributed by atoms with van der Waals surface area (Å²) in [4.78, 5) is 0. The van der Waals surface area contributed by atoms with E-state index in [-0.39, 0.29) is 5.41 Å². The van der Waals surface area contributed by atoms with Gasteiger partial charge in [0.15, 0.2) is 0 Å². The van der Waals surface area contributed by atoms with E-state index in [9.17, 15) is 0 Å². The summed E-state index contributed by atoms with van der Waals surface area (Å²) in [5, 5.41) is 8.75. The highest BCUT2D eigenvalue weighted by molar-refractivity contribution is 5.73. The first kappa shape index (κ1) is 9.98. The number of fused-ring (bicyclic) bond motifs is 1. The second-order valence-electron chi connectivity index (χ2n) is 4.73. The molecule has 1 aliphatic carbocycles. The van der Waals surface area contributed by atoms with E-state index < -0.39 is 0 Å². The molecule has 0 bridgehead atoms. The van der Waals surface area contributed by atoms with Crippen molar-refractivity contribution in [3.05, 3.63) is 41.5 Å². The zero-order valence-electron chi connectivity index (χ0n) is 9.25. The summed E-state index contributed by atoms with van der Waals surface area (Å²) in [7, 11) is 0. The van der Waals surface area contributed by atoms with Crippen molar-refractivity contribution in [2.45, 2.75) is 32.1 Å². The second kappa shape index (κ2) is 3.55. The molecule has 0 fully saturated rings. The van der Waals surface area contributed by atoms with Crippen molar-refractivity contribution in [1.29, 1.82) is 5.26 Å². The maximum atomic E-state index is 8.75. The van der Waals surface area contributed by atoms with Crippen LogP contribution in [-0.4, -0.2) is 0 Å². The SMILES string of the molecule is CC1(C)CCC(=CC#N)c2ccccc21. The molecule has 1 aromatic carbocycles. The van der Waals surface area contributed by atoms with E-state index in [0.29, 0.717) is 0 Å². The van der Waals surface area contributed by atoms with E-state index in [1.165, 1.54) is 16.7 Å². The summed E-state index contributed by atoms with van der Waals surface area (Å²) in [6.07, 6.45) is 3.82. The molecule has 0 aliphatic heterocycles. The van der Waals surface area contributed by atoms with Crippen LogP contribution in [0.3, 0.4) is 0 Å². The van der Waals surface area contributed by atoms with Crippen LogP contribution < -0.4 is 0 Å². The van der Waals surface area contributed by atoms with Gasteiger partial charge in [-0.2, -0.15) is 5.26 Å². The molecule has 0 aromatic heterocycles. The van der Waals surface area contributed by atoms with Gasteiger partial charge in [-0.3, -0.25) is 0 Å². The summed E-state index contributed by atoms with van der Waals surface area (Å²) in [5.41, 5.74) is 4.06. The summed E-state index contributed by atoms with van der Waals surface area (Å²) in [6, 6.07) is 10.6. The Kier molecular flexibility index (Phi) is 2.36. The highest BCUT2D eigenvalue weighted by Crippen LogP contribution is 2.41. The quantitative estimate of drug-likeness (QED) is 0.582. The molecule has 0 saturated carbocycles. The lowest BCUT2D eigenvalue weighted by atomic mass is 9.71. The Balaban J connectivity index is 2.60. The molecule has 0 saturated heterocycles. The van der Waals surface area contributed by atoms with Crippen LogP contribution >= 0.6 is 0 Å². The lowest BCUT2D eigenvalue weighted by molar-refractivity contribution is 0.474. The Morgan fingerprint density at radius 3 is 2.80 bits per heavy atom. The van der Waals surface area contributed by atoms with Crippen LogP contribution in [0.5, 0.6) is 0 Å². The molecule has 0 spiro atoms. The lowest BCUT2D eigenvalue weighted by Crippen LogP contribution is -2.23. The molecule has 15 heavy (non-hydrogen) atoms. The van der Waals surface area contributed by atoms with Crippen LogP contribution in [0.1, 0.15) is 37.8 Å². The number of nitriles is 1. The normalized spacial score (nSPS) is 20.7. The van der Waals surface area contributed by atoms with E-state index in [4.69, 9.17) is 5.26 Å². The average molecular weight is 197 g/mol. The van der Waals surface area contributed by atoms with Gasteiger partial charge < -0.3 is 0 Å². The standard InChI is InChI=1S/C14H15N/c1-14(2)9-7-11(8-10-15)12-5-3-4-6-13(12)14/h3-6,8H,7,9H2,1-2H3. The first-order valence-corrected chi connectivity index (χ1v) is 5.34. The highest BCUT2D eigenvalue weighted by atomic mass is 14.3. The molecule has 0 atom stereocenters. The first-order chi connectivity index (χ1) is 7.15. The van der Waals surface area contributed by atoms with Gasteiger partial charge in [0, 0.05) is 6.08 Å². The van der Waals surface area contributed by atoms with E-state index in [1.807, 2.05) is 6.07 Å². The van der Waals surface area contributed by atoms with Gasteiger partial charge in [0.05, 0.1) is 6.07 Å². The van der Waals surface area contributed by atoms with Crippen molar-refractivity contribution < 1.29 is 0 Å². The van der Waals surface area contributed by atoms with Gasteiger partial charge in [-0.25, -0.2) is 0 Å². The smallest absolute Gasteiger partial charge is 0.0915 e. The Morgan fingerprint density at radius 2 is 2.07 bits per heavy atom. The fourth-order valence-corrected chi connectivity index (χ4v) is 2.30. The van der Waals surface area contributed by atoms with Crippen molar-refractivity contribution in [2.24, 2.45) is 0 Å². The maximum Gasteiger partial charge on any atom is 0.0915 e. The molecule has 0 heterocycles. The van der Waals surface area contributed by atoms with Gasteiger partial charge in [0.2, 0.25) is 0 Å². The molecule has 76 valence electrons. The summed E-state index contributed by atoms with van der Waals surface area (Å²) in [5.74, 6) is 0. The minimum atomic E-state index is 0.239. The fourth-order valence-electron chi connectivity index (χ4n) is 2.30. The van der Waals surface area contributed by atoms with Gasteiger partial charge in [-0.1, -0.05) is 38.1 Å². The first-order valence-electron chi connectivity index (χ1n) is 5.34. The molecule has 0 amide bonds. The van der Waals surface area contributed by atoms with Crippen molar-refractivity contribution >= 4 is 5.57 Å². The molecular formula is C14H15N. The Bertz CT molecular complexity index is 447. The predicted molar refractivity (Wildman–Crippen MR) is 62.3 cm³/mol. The van der Waals surface area contributed by atoms with Gasteiger partial charge in [0.1, 0.15) is 0 Å². The van der Waals surface area contributed by atoms with E-state index in [1.54, 1.807) is 6.08 Å². The third-order valence-corrected chi connectivity index (χ3v) is 3.26. The number of hydrogen-bond acceptors (Lipinski definition) is 1. The number of allylic oxidation sites excluding steroid dienone is 2. The predicted octanol–water partition coefficient (Wildman–Crippen LogP) is 3.66. The van der Waals surface area contributed by atoms with Crippen LogP contribution in [0.15, 0.2) is 30.3 Å². The van der Waals surface area contributed by atoms with Crippen molar-refractivity contribution in [1.82, 2.24) is 0 Å². The number of benzene rings is 1.